The minimum Gasteiger partial charge on any atom is -0.435 e. The van der Waals surface area contributed by atoms with Crippen LogP contribution in [0, 0.1) is 6.92 Å². The lowest BCUT2D eigenvalue weighted by Gasteiger charge is -1.97. The molecule has 2 heterocycles. The molecule has 0 aliphatic heterocycles. The molecule has 0 saturated carbocycles. The molecular formula is C13H10ClN3O. The van der Waals surface area contributed by atoms with Gasteiger partial charge in [-0.25, -0.2) is 4.98 Å². The molecule has 0 amide bonds. The van der Waals surface area contributed by atoms with Gasteiger partial charge < -0.3 is 10.2 Å². The fourth-order valence-corrected chi connectivity index (χ4v) is 1.93. The summed E-state index contributed by atoms with van der Waals surface area (Å²) in [6, 6.07) is 7.19. The number of hydrogen-bond donors (Lipinski definition) is 1. The minimum absolute atomic E-state index is 0.472. The van der Waals surface area contributed by atoms with Crippen LogP contribution in [0.1, 0.15) is 5.56 Å². The lowest BCUT2D eigenvalue weighted by Crippen LogP contribution is -1.86. The van der Waals surface area contributed by atoms with Crippen LogP contribution in [0.5, 0.6) is 0 Å². The Morgan fingerprint density at radius 1 is 1.33 bits per heavy atom. The highest BCUT2D eigenvalue weighted by Gasteiger charge is 2.12. The van der Waals surface area contributed by atoms with Gasteiger partial charge in [0.05, 0.1) is 10.7 Å². The van der Waals surface area contributed by atoms with Gasteiger partial charge in [-0.05, 0) is 24.6 Å². The summed E-state index contributed by atoms with van der Waals surface area (Å²) in [6.45, 7) is 1.96. The van der Waals surface area contributed by atoms with E-state index in [0.29, 0.717) is 27.7 Å². The van der Waals surface area contributed by atoms with Crippen molar-refractivity contribution in [1.82, 2.24) is 9.97 Å². The number of rotatable bonds is 1. The Balaban J connectivity index is 2.23. The average Bonchev–Trinajstić information content (AvgIpc) is 2.73. The number of oxazole rings is 1. The first-order valence-electron chi connectivity index (χ1n) is 5.42. The zero-order chi connectivity index (χ0) is 12.7. The number of hydrogen-bond acceptors (Lipinski definition) is 4. The third-order valence-corrected chi connectivity index (χ3v) is 3.05. The van der Waals surface area contributed by atoms with Gasteiger partial charge in [0.25, 0.3) is 0 Å². The van der Waals surface area contributed by atoms with Crippen LogP contribution in [0.15, 0.2) is 34.9 Å². The molecular weight excluding hydrogens is 250 g/mol. The molecule has 0 atom stereocenters. The molecule has 5 heteroatoms. The van der Waals surface area contributed by atoms with Crippen LogP contribution in [0.4, 0.5) is 5.69 Å². The van der Waals surface area contributed by atoms with Gasteiger partial charge in [0, 0.05) is 12.3 Å². The Kier molecular flexibility index (Phi) is 2.45. The number of anilines is 1. The van der Waals surface area contributed by atoms with E-state index in [1.165, 1.54) is 0 Å². The number of pyridine rings is 1. The van der Waals surface area contributed by atoms with Gasteiger partial charge >= 0.3 is 0 Å². The van der Waals surface area contributed by atoms with Gasteiger partial charge in [-0.3, -0.25) is 4.98 Å². The molecule has 0 fully saturated rings. The zero-order valence-corrected chi connectivity index (χ0v) is 10.4. The van der Waals surface area contributed by atoms with Crippen molar-refractivity contribution in [2.24, 2.45) is 0 Å². The van der Waals surface area contributed by atoms with Crippen molar-refractivity contribution in [1.29, 1.82) is 0 Å². The maximum atomic E-state index is 5.95. The first-order chi connectivity index (χ1) is 8.65. The first kappa shape index (κ1) is 11.0. The number of fused-ring (bicyclic) bond motifs is 1. The van der Waals surface area contributed by atoms with E-state index in [0.717, 1.165) is 11.3 Å². The second-order valence-electron chi connectivity index (χ2n) is 4.03. The molecule has 1 aromatic carbocycles. The molecule has 0 radical (unpaired) electrons. The van der Waals surface area contributed by atoms with Crippen LogP contribution in [-0.4, -0.2) is 9.97 Å². The lowest BCUT2D eigenvalue weighted by atomic mass is 10.2. The average molecular weight is 260 g/mol. The molecule has 0 spiro atoms. The fourth-order valence-electron chi connectivity index (χ4n) is 1.77. The van der Waals surface area contributed by atoms with Crippen molar-refractivity contribution < 1.29 is 4.42 Å². The molecule has 0 aliphatic carbocycles. The second kappa shape index (κ2) is 3.99. The van der Waals surface area contributed by atoms with E-state index in [-0.39, 0.29) is 0 Å². The van der Waals surface area contributed by atoms with E-state index in [2.05, 4.69) is 9.97 Å². The van der Waals surface area contributed by atoms with Crippen molar-refractivity contribution in [3.05, 3.63) is 41.0 Å². The van der Waals surface area contributed by atoms with Gasteiger partial charge in [0.15, 0.2) is 5.58 Å². The number of nitrogen functional groups attached to an aromatic ring is 1. The van der Waals surface area contributed by atoms with Crippen LogP contribution < -0.4 is 5.73 Å². The van der Waals surface area contributed by atoms with Gasteiger partial charge in [0.2, 0.25) is 5.89 Å². The van der Waals surface area contributed by atoms with Crippen molar-refractivity contribution in [2.45, 2.75) is 6.92 Å². The summed E-state index contributed by atoms with van der Waals surface area (Å²) >= 11 is 5.95. The van der Waals surface area contributed by atoms with Gasteiger partial charge in [-0.15, -0.1) is 0 Å². The summed E-state index contributed by atoms with van der Waals surface area (Å²) in [5, 5.41) is 0.472. The van der Waals surface area contributed by atoms with Gasteiger partial charge in [-0.1, -0.05) is 17.7 Å². The van der Waals surface area contributed by atoms with Crippen molar-refractivity contribution in [3.63, 3.8) is 0 Å². The van der Waals surface area contributed by atoms with E-state index in [9.17, 15) is 0 Å². The van der Waals surface area contributed by atoms with E-state index in [1.54, 1.807) is 18.3 Å². The summed E-state index contributed by atoms with van der Waals surface area (Å²) in [4.78, 5) is 8.64. The highest BCUT2D eigenvalue weighted by atomic mass is 35.5. The molecule has 90 valence electrons. The molecule has 3 aromatic rings. The van der Waals surface area contributed by atoms with E-state index in [1.807, 2.05) is 19.1 Å². The molecule has 0 aliphatic rings. The topological polar surface area (TPSA) is 64.9 Å². The third-order valence-electron chi connectivity index (χ3n) is 2.72. The molecule has 2 N–H and O–H groups in total. The fraction of sp³-hybridized carbons (Fsp3) is 0.0769. The third kappa shape index (κ3) is 1.71. The summed E-state index contributed by atoms with van der Waals surface area (Å²) in [5.74, 6) is 0.477. The van der Waals surface area contributed by atoms with Crippen LogP contribution >= 0.6 is 11.6 Å². The molecule has 18 heavy (non-hydrogen) atoms. The molecule has 3 rings (SSSR count). The molecule has 4 nitrogen and oxygen atoms in total. The van der Waals surface area contributed by atoms with Crippen molar-refractivity contribution in [3.8, 4) is 11.6 Å². The van der Waals surface area contributed by atoms with Crippen LogP contribution in [0.25, 0.3) is 22.7 Å². The minimum atomic E-state index is 0.472. The molecule has 0 bridgehead atoms. The second-order valence-corrected chi connectivity index (χ2v) is 4.44. The number of aryl methyl sites for hydroxylation is 1. The number of nitrogens with two attached hydrogens (primary N) is 1. The van der Waals surface area contributed by atoms with Crippen LogP contribution in [-0.2, 0) is 0 Å². The van der Waals surface area contributed by atoms with E-state index in [4.69, 9.17) is 21.8 Å². The number of halogens is 1. The Morgan fingerprint density at radius 2 is 2.17 bits per heavy atom. The smallest absolute Gasteiger partial charge is 0.246 e. The molecule has 2 aromatic heterocycles. The Labute approximate surface area is 108 Å². The van der Waals surface area contributed by atoms with E-state index >= 15 is 0 Å². The predicted octanol–water partition coefficient (Wildman–Crippen LogP) is 3.43. The Bertz CT molecular complexity index is 697. The lowest BCUT2D eigenvalue weighted by molar-refractivity contribution is 0.616. The Morgan fingerprint density at radius 3 is 2.94 bits per heavy atom. The number of benzene rings is 1. The SMILES string of the molecule is Cc1cccnc1-c1nc2cc(Cl)c(N)cc2o1. The van der Waals surface area contributed by atoms with Gasteiger partial charge in [-0.2, -0.15) is 0 Å². The predicted molar refractivity (Wildman–Crippen MR) is 71.4 cm³/mol. The maximum Gasteiger partial charge on any atom is 0.246 e. The van der Waals surface area contributed by atoms with Crippen LogP contribution in [0.3, 0.4) is 0 Å². The van der Waals surface area contributed by atoms with Crippen molar-refractivity contribution in [2.75, 3.05) is 5.73 Å². The highest BCUT2D eigenvalue weighted by molar-refractivity contribution is 6.33. The highest BCUT2D eigenvalue weighted by Crippen LogP contribution is 2.29. The summed E-state index contributed by atoms with van der Waals surface area (Å²) < 4.78 is 5.66. The Hall–Kier alpha value is -2.07. The largest absolute Gasteiger partial charge is 0.435 e. The number of aromatic nitrogens is 2. The molecule has 0 unspecified atom stereocenters. The normalized spacial score (nSPS) is 11.0. The quantitative estimate of drug-likeness (QED) is 0.680. The summed E-state index contributed by atoms with van der Waals surface area (Å²) in [6.07, 6.45) is 1.71. The van der Waals surface area contributed by atoms with Crippen LogP contribution in [0.2, 0.25) is 5.02 Å². The zero-order valence-electron chi connectivity index (χ0n) is 9.64. The molecule has 0 saturated heterocycles. The van der Waals surface area contributed by atoms with Gasteiger partial charge in [0.1, 0.15) is 11.2 Å². The first-order valence-corrected chi connectivity index (χ1v) is 5.80. The monoisotopic (exact) mass is 259 g/mol. The van der Waals surface area contributed by atoms with E-state index < -0.39 is 0 Å². The standard InChI is InChI=1S/C13H10ClN3O/c1-7-3-2-4-16-12(7)13-17-10-5-8(14)9(15)6-11(10)18-13/h2-6H,15H2,1H3. The number of nitrogens with zero attached hydrogens (tertiary/aromatic N) is 2. The van der Waals surface area contributed by atoms with Crippen molar-refractivity contribution >= 4 is 28.4 Å². The maximum absolute atomic E-state index is 5.95. The summed E-state index contributed by atoms with van der Waals surface area (Å²) in [7, 11) is 0. The summed E-state index contributed by atoms with van der Waals surface area (Å²) in [5.41, 5.74) is 9.22.